The standard InChI is InChI=1S/C35H50ClP/c1-2-3-4-5-6-7-8-9-10-11-12-13-14-15-25-32-37(36,33-26-19-16-20-27-33,34-28-21-17-22-29-34)35-30-23-18-24-31-35/h16-24,26-31H,2-15,25,32H2,1H3. The first-order chi connectivity index (χ1) is 18.2. The number of hydrogen-bond acceptors (Lipinski definition) is 0. The van der Waals surface area contributed by atoms with Gasteiger partial charge in [-0.3, -0.25) is 0 Å². The van der Waals surface area contributed by atoms with Crippen molar-refractivity contribution in [1.29, 1.82) is 0 Å². The topological polar surface area (TPSA) is 0 Å². The summed E-state index contributed by atoms with van der Waals surface area (Å²) in [7, 11) is 0. The molecule has 0 spiro atoms. The molecule has 37 heavy (non-hydrogen) atoms. The molecule has 202 valence electrons. The molecular formula is C35H50ClP. The second kappa shape index (κ2) is 16.4. The van der Waals surface area contributed by atoms with Crippen LogP contribution in [0.25, 0.3) is 0 Å². The molecule has 0 amide bonds. The zero-order valence-corrected chi connectivity index (χ0v) is 24.9. The fourth-order valence-electron chi connectivity index (χ4n) is 5.83. The summed E-state index contributed by atoms with van der Waals surface area (Å²) in [4.78, 5) is 0. The van der Waals surface area contributed by atoms with E-state index in [2.05, 4.69) is 97.9 Å². The average Bonchev–Trinajstić information content (AvgIpc) is 2.96. The molecule has 0 atom stereocenters. The monoisotopic (exact) mass is 536 g/mol. The third kappa shape index (κ3) is 8.43. The van der Waals surface area contributed by atoms with E-state index in [1.54, 1.807) is 0 Å². The molecule has 0 fully saturated rings. The maximum absolute atomic E-state index is 8.16. The summed E-state index contributed by atoms with van der Waals surface area (Å²) in [5.41, 5.74) is 0. The quantitative estimate of drug-likeness (QED) is 0.105. The van der Waals surface area contributed by atoms with Crippen LogP contribution in [0.2, 0.25) is 0 Å². The van der Waals surface area contributed by atoms with Crippen molar-refractivity contribution in [2.45, 2.75) is 103 Å². The van der Waals surface area contributed by atoms with Crippen molar-refractivity contribution in [3.63, 3.8) is 0 Å². The van der Waals surface area contributed by atoms with E-state index in [-0.39, 0.29) is 0 Å². The number of benzene rings is 3. The molecule has 0 radical (unpaired) electrons. The number of halogens is 1. The molecule has 0 heterocycles. The van der Waals surface area contributed by atoms with E-state index in [0.717, 1.165) is 12.6 Å². The first kappa shape index (κ1) is 29.9. The van der Waals surface area contributed by atoms with Gasteiger partial charge in [0.25, 0.3) is 0 Å². The van der Waals surface area contributed by atoms with E-state index in [0.29, 0.717) is 0 Å². The molecule has 0 aliphatic carbocycles. The minimum atomic E-state index is -3.07. The van der Waals surface area contributed by atoms with Crippen LogP contribution in [0, 0.1) is 0 Å². The Hall–Kier alpha value is -1.62. The molecule has 0 aliphatic heterocycles. The fraction of sp³-hybridized carbons (Fsp3) is 0.486. The summed E-state index contributed by atoms with van der Waals surface area (Å²) in [6.45, 7) is 2.30. The Morgan fingerprint density at radius 1 is 0.405 bits per heavy atom. The number of unbranched alkanes of at least 4 members (excludes halogenated alkanes) is 14. The van der Waals surface area contributed by atoms with E-state index in [1.165, 1.54) is 106 Å². The van der Waals surface area contributed by atoms with Gasteiger partial charge in [0.1, 0.15) is 0 Å². The van der Waals surface area contributed by atoms with Crippen LogP contribution in [-0.4, -0.2) is 6.16 Å². The van der Waals surface area contributed by atoms with Gasteiger partial charge in [-0.05, 0) is 0 Å². The van der Waals surface area contributed by atoms with Gasteiger partial charge in [-0.25, -0.2) is 0 Å². The van der Waals surface area contributed by atoms with Crippen LogP contribution in [0.4, 0.5) is 0 Å². The summed E-state index contributed by atoms with van der Waals surface area (Å²) >= 11 is 8.16. The molecule has 0 aromatic heterocycles. The van der Waals surface area contributed by atoms with E-state index in [1.807, 2.05) is 0 Å². The molecule has 0 bridgehead atoms. The SMILES string of the molecule is CCCCCCCCCCCCCCCCCP(Cl)(c1ccccc1)(c1ccccc1)c1ccccc1. The van der Waals surface area contributed by atoms with Gasteiger partial charge in [0.2, 0.25) is 0 Å². The van der Waals surface area contributed by atoms with E-state index in [9.17, 15) is 0 Å². The normalized spacial score (nSPS) is 12.8. The molecule has 0 unspecified atom stereocenters. The van der Waals surface area contributed by atoms with E-state index >= 15 is 0 Å². The van der Waals surface area contributed by atoms with Crippen LogP contribution in [-0.2, 0) is 0 Å². The predicted molar refractivity (Wildman–Crippen MR) is 171 cm³/mol. The van der Waals surface area contributed by atoms with Crippen molar-refractivity contribution in [2.24, 2.45) is 0 Å². The average molecular weight is 537 g/mol. The Morgan fingerprint density at radius 3 is 0.973 bits per heavy atom. The van der Waals surface area contributed by atoms with Gasteiger partial charge in [-0.2, -0.15) is 0 Å². The van der Waals surface area contributed by atoms with Gasteiger partial charge in [0.15, 0.2) is 0 Å². The van der Waals surface area contributed by atoms with Gasteiger partial charge in [0, 0.05) is 0 Å². The third-order valence-electron chi connectivity index (χ3n) is 8.07. The molecule has 3 rings (SSSR count). The molecule has 2 heteroatoms. The van der Waals surface area contributed by atoms with Crippen molar-refractivity contribution < 1.29 is 0 Å². The van der Waals surface area contributed by atoms with Crippen LogP contribution in [0.15, 0.2) is 91.0 Å². The second-order valence-electron chi connectivity index (χ2n) is 10.9. The van der Waals surface area contributed by atoms with E-state index < -0.39 is 5.96 Å². The first-order valence-corrected chi connectivity index (χ1v) is 18.4. The van der Waals surface area contributed by atoms with Crippen LogP contribution < -0.4 is 15.9 Å². The van der Waals surface area contributed by atoms with Crippen molar-refractivity contribution in [3.8, 4) is 0 Å². The van der Waals surface area contributed by atoms with Gasteiger partial charge < -0.3 is 0 Å². The fourth-order valence-corrected chi connectivity index (χ4v) is 12.1. The van der Waals surface area contributed by atoms with E-state index in [4.69, 9.17) is 11.2 Å². The Kier molecular flexibility index (Phi) is 13.2. The number of hydrogen-bond donors (Lipinski definition) is 0. The zero-order valence-electron chi connectivity index (χ0n) is 23.3. The first-order valence-electron chi connectivity index (χ1n) is 15.1. The van der Waals surface area contributed by atoms with Gasteiger partial charge in [0.05, 0.1) is 0 Å². The summed E-state index contributed by atoms with van der Waals surface area (Å²) < 4.78 is 0. The van der Waals surface area contributed by atoms with Crippen molar-refractivity contribution >= 4 is 33.1 Å². The summed E-state index contributed by atoms with van der Waals surface area (Å²) in [6, 6.07) is 32.8. The van der Waals surface area contributed by atoms with Crippen LogP contribution in [0.5, 0.6) is 0 Å². The summed E-state index contributed by atoms with van der Waals surface area (Å²) in [5, 5.41) is 3.87. The molecular weight excluding hydrogens is 487 g/mol. The minimum absolute atomic E-state index is 1.02. The van der Waals surface area contributed by atoms with Gasteiger partial charge >= 0.3 is 201 Å². The third-order valence-corrected chi connectivity index (χ3v) is 15.6. The molecule has 0 N–H and O–H groups in total. The summed E-state index contributed by atoms with van der Waals surface area (Å²) in [6.07, 6.45) is 21.7. The molecule has 0 saturated heterocycles. The Balaban J connectivity index is 1.51. The van der Waals surface area contributed by atoms with Crippen molar-refractivity contribution in [2.75, 3.05) is 6.16 Å². The summed E-state index contributed by atoms with van der Waals surface area (Å²) in [5.74, 6) is -3.07. The second-order valence-corrected chi connectivity index (χ2v) is 17.5. The van der Waals surface area contributed by atoms with Gasteiger partial charge in [-0.1, -0.05) is 32.6 Å². The number of rotatable bonds is 19. The van der Waals surface area contributed by atoms with Crippen molar-refractivity contribution in [3.05, 3.63) is 91.0 Å². The van der Waals surface area contributed by atoms with Crippen LogP contribution >= 0.6 is 17.2 Å². The zero-order chi connectivity index (χ0) is 26.1. The predicted octanol–water partition coefficient (Wildman–Crippen LogP) is 10.5. The van der Waals surface area contributed by atoms with Crippen molar-refractivity contribution in [1.82, 2.24) is 0 Å². The van der Waals surface area contributed by atoms with Gasteiger partial charge in [-0.15, -0.1) is 0 Å². The Labute approximate surface area is 233 Å². The molecule has 3 aromatic carbocycles. The maximum atomic E-state index is 8.16. The molecule has 0 saturated carbocycles. The molecule has 0 aliphatic rings. The van der Waals surface area contributed by atoms with Crippen LogP contribution in [0.1, 0.15) is 103 Å². The molecule has 3 aromatic rings. The van der Waals surface area contributed by atoms with Crippen LogP contribution in [0.3, 0.4) is 0 Å². The molecule has 0 nitrogen and oxygen atoms in total. The Morgan fingerprint density at radius 2 is 0.676 bits per heavy atom. The Bertz CT molecular complexity index is 871.